The molecule has 15 heteroatoms. The van der Waals surface area contributed by atoms with Crippen molar-refractivity contribution in [2.45, 2.75) is 140 Å². The van der Waals surface area contributed by atoms with Crippen LogP contribution >= 0.6 is 0 Å². The quantitative estimate of drug-likeness (QED) is 0.399. The Labute approximate surface area is 331 Å². The van der Waals surface area contributed by atoms with Gasteiger partial charge in [0.05, 0.1) is 47.3 Å². The molecule has 9 fully saturated rings. The van der Waals surface area contributed by atoms with Crippen molar-refractivity contribution >= 4 is 47.3 Å². The molecule has 0 aromatic carbocycles. The number of aromatic nitrogens is 2. The van der Waals surface area contributed by atoms with E-state index in [4.69, 9.17) is 4.42 Å². The minimum absolute atomic E-state index is 0.0948. The van der Waals surface area contributed by atoms with Gasteiger partial charge in [-0.15, -0.1) is 10.2 Å². The smallest absolute Gasteiger partial charge is 0.233 e. The molecular formula is C42H52N6O9. The molecular weight excluding hydrogens is 732 g/mol. The Hall–Kier alpha value is -4.30. The van der Waals surface area contributed by atoms with E-state index >= 15 is 0 Å². The van der Waals surface area contributed by atoms with Gasteiger partial charge in [0.1, 0.15) is 0 Å². The summed E-state index contributed by atoms with van der Waals surface area (Å²) >= 11 is 0. The summed E-state index contributed by atoms with van der Waals surface area (Å²) in [6.45, 7) is 2.28. The van der Waals surface area contributed by atoms with E-state index in [-0.39, 0.29) is 97.0 Å². The molecule has 1 aromatic rings. The molecule has 5 saturated carbocycles. The molecule has 0 bridgehead atoms. The van der Waals surface area contributed by atoms with Gasteiger partial charge in [-0.3, -0.25) is 58.0 Å². The van der Waals surface area contributed by atoms with Crippen molar-refractivity contribution in [3.8, 4) is 0 Å². The normalized spacial score (nSPS) is 42.3. The van der Waals surface area contributed by atoms with Crippen LogP contribution in [0.1, 0.15) is 133 Å². The Balaban J connectivity index is 0.744. The summed E-state index contributed by atoms with van der Waals surface area (Å²) in [6, 6.07) is -0.982. The molecule has 57 heavy (non-hydrogen) atoms. The monoisotopic (exact) mass is 784 g/mol. The van der Waals surface area contributed by atoms with E-state index in [9.17, 15) is 38.4 Å². The molecule has 0 radical (unpaired) electrons. The molecule has 5 heterocycles. The van der Waals surface area contributed by atoms with Gasteiger partial charge in [0.25, 0.3) is 0 Å². The fourth-order valence-electron chi connectivity index (χ4n) is 12.9. The number of hydrogen-bond acceptors (Lipinski definition) is 11. The number of fused-ring (bicyclic) bond motifs is 4. The topological polar surface area (TPSA) is 188 Å². The van der Waals surface area contributed by atoms with Crippen LogP contribution in [0.25, 0.3) is 0 Å². The highest BCUT2D eigenvalue weighted by Gasteiger charge is 2.63. The second-order valence-electron chi connectivity index (χ2n) is 19.1. The van der Waals surface area contributed by atoms with Crippen LogP contribution in [-0.4, -0.2) is 102 Å². The van der Waals surface area contributed by atoms with Gasteiger partial charge in [-0.1, -0.05) is 6.92 Å². The number of likely N-dealkylation sites (tertiary alicyclic amines) is 4. The lowest BCUT2D eigenvalue weighted by Gasteiger charge is -2.37. The van der Waals surface area contributed by atoms with E-state index in [0.717, 1.165) is 42.4 Å². The van der Waals surface area contributed by atoms with Crippen LogP contribution in [0.3, 0.4) is 0 Å². The molecule has 8 atom stereocenters. The van der Waals surface area contributed by atoms with Gasteiger partial charge in [-0.25, -0.2) is 0 Å². The Morgan fingerprint density at radius 3 is 0.982 bits per heavy atom. The summed E-state index contributed by atoms with van der Waals surface area (Å²) in [5.74, 6) is -4.45. The maximum atomic E-state index is 14.0. The van der Waals surface area contributed by atoms with Crippen LogP contribution in [0.4, 0.5) is 0 Å². The molecule has 4 saturated heterocycles. The fraction of sp³-hybridized carbons (Fsp3) is 0.762. The van der Waals surface area contributed by atoms with Crippen LogP contribution < -0.4 is 0 Å². The van der Waals surface area contributed by atoms with Crippen LogP contribution in [0, 0.1) is 53.3 Å². The summed E-state index contributed by atoms with van der Waals surface area (Å²) in [7, 11) is 1.45. The second-order valence-corrected chi connectivity index (χ2v) is 19.1. The largest absolute Gasteiger partial charge is 0.425 e. The first-order chi connectivity index (χ1) is 27.4. The van der Waals surface area contributed by atoms with Crippen molar-refractivity contribution in [1.29, 1.82) is 0 Å². The maximum Gasteiger partial charge on any atom is 0.233 e. The molecule has 8 amide bonds. The van der Waals surface area contributed by atoms with E-state index in [1.165, 1.54) is 34.6 Å². The predicted octanol–water partition coefficient (Wildman–Crippen LogP) is 3.32. The van der Waals surface area contributed by atoms with Crippen molar-refractivity contribution in [1.82, 2.24) is 29.8 Å². The summed E-state index contributed by atoms with van der Waals surface area (Å²) in [5, 5.41) is 8.81. The molecule has 304 valence electrons. The van der Waals surface area contributed by atoms with Crippen molar-refractivity contribution in [3.05, 3.63) is 11.8 Å². The van der Waals surface area contributed by atoms with E-state index < -0.39 is 47.3 Å². The second kappa shape index (κ2) is 13.6. The Kier molecular flexibility index (Phi) is 8.86. The molecule has 5 aliphatic carbocycles. The third-order valence-electron chi connectivity index (χ3n) is 16.2. The van der Waals surface area contributed by atoms with Gasteiger partial charge in [0.15, 0.2) is 0 Å². The molecule has 15 nitrogen and oxygen atoms in total. The van der Waals surface area contributed by atoms with Crippen molar-refractivity contribution in [3.63, 3.8) is 0 Å². The SMILES string of the molecule is CC1CCC(c2nnc(C3CCC(N4C(=O)C5CC6C(=O)N(C7CCC(N8C(=O)C9CC%10C(=O)N(C)C(=O)C%10CC9C8=O)CC7)C(=O)C6CC5C4=O)CC3)o2)CC1. The standard InChI is InChI=1S/C42H52N6O9/c1-19-3-5-20(6-4-19)33-43-44-34(57-33)21-7-9-22(10-8-21)46-39(53)29-17-31-32(18-30(29)40(46)54)42(56)48(41(31)55)24-13-11-23(12-14-24)47-37(51)27-15-25-26(16-28(27)38(47)52)36(50)45(2)35(25)49/h19-32H,3-18H2,1-2H3. The number of imide groups is 4. The van der Waals surface area contributed by atoms with E-state index in [2.05, 4.69) is 17.1 Å². The molecule has 0 N–H and O–H groups in total. The minimum Gasteiger partial charge on any atom is -0.425 e. The lowest BCUT2D eigenvalue weighted by Crippen LogP contribution is -2.48. The first kappa shape index (κ1) is 37.0. The number of carbonyl (C=O) groups excluding carboxylic acids is 8. The summed E-state index contributed by atoms with van der Waals surface area (Å²) in [4.78, 5) is 114. The Morgan fingerprint density at radius 2 is 0.667 bits per heavy atom. The first-order valence-corrected chi connectivity index (χ1v) is 21.7. The van der Waals surface area contributed by atoms with E-state index in [1.54, 1.807) is 0 Å². The molecule has 8 unspecified atom stereocenters. The van der Waals surface area contributed by atoms with E-state index in [1.807, 2.05) is 0 Å². The van der Waals surface area contributed by atoms with Crippen LogP contribution in [0.15, 0.2) is 4.42 Å². The zero-order chi connectivity index (χ0) is 39.6. The third-order valence-corrected chi connectivity index (χ3v) is 16.2. The van der Waals surface area contributed by atoms with Crippen LogP contribution in [0.2, 0.25) is 0 Å². The van der Waals surface area contributed by atoms with Crippen molar-refractivity contribution < 1.29 is 42.8 Å². The number of carbonyl (C=O) groups is 8. The lowest BCUT2D eigenvalue weighted by atomic mass is 9.70. The number of amides is 8. The highest BCUT2D eigenvalue weighted by molar-refractivity contribution is 6.11. The average molecular weight is 785 g/mol. The van der Waals surface area contributed by atoms with E-state index in [0.29, 0.717) is 50.3 Å². The molecule has 0 spiro atoms. The van der Waals surface area contributed by atoms with Crippen molar-refractivity contribution in [2.24, 2.45) is 53.3 Å². The van der Waals surface area contributed by atoms with Gasteiger partial charge in [0.2, 0.25) is 59.0 Å². The first-order valence-electron chi connectivity index (χ1n) is 21.7. The number of rotatable bonds is 5. The lowest BCUT2D eigenvalue weighted by molar-refractivity contribution is -0.148. The third kappa shape index (κ3) is 5.62. The van der Waals surface area contributed by atoms with Gasteiger partial charge in [-0.2, -0.15) is 0 Å². The molecule has 10 rings (SSSR count). The number of nitrogens with zero attached hydrogens (tertiary/aromatic N) is 6. The highest BCUT2D eigenvalue weighted by atomic mass is 16.4. The summed E-state index contributed by atoms with van der Waals surface area (Å²) < 4.78 is 6.18. The van der Waals surface area contributed by atoms with Crippen molar-refractivity contribution in [2.75, 3.05) is 7.05 Å². The Morgan fingerprint density at radius 1 is 0.404 bits per heavy atom. The molecule has 4 aliphatic heterocycles. The average Bonchev–Trinajstić information content (AvgIpc) is 3.98. The molecule has 9 aliphatic rings. The predicted molar refractivity (Wildman–Crippen MR) is 195 cm³/mol. The fourth-order valence-corrected chi connectivity index (χ4v) is 12.9. The van der Waals surface area contributed by atoms with Gasteiger partial charge < -0.3 is 4.42 Å². The van der Waals surface area contributed by atoms with Gasteiger partial charge in [0, 0.05) is 37.0 Å². The summed E-state index contributed by atoms with van der Waals surface area (Å²) in [5.41, 5.74) is 0. The maximum absolute atomic E-state index is 14.0. The number of hydrogen-bond donors (Lipinski definition) is 0. The van der Waals surface area contributed by atoms with Crippen LogP contribution in [-0.2, 0) is 38.4 Å². The van der Waals surface area contributed by atoms with Crippen LogP contribution in [0.5, 0.6) is 0 Å². The minimum atomic E-state index is -0.642. The zero-order valence-corrected chi connectivity index (χ0v) is 32.8. The zero-order valence-electron chi connectivity index (χ0n) is 32.8. The summed E-state index contributed by atoms with van der Waals surface area (Å²) in [6.07, 6.45) is 9.78. The Bertz CT molecular complexity index is 1850. The highest BCUT2D eigenvalue weighted by Crippen LogP contribution is 2.52. The molecule has 1 aromatic heterocycles. The van der Waals surface area contributed by atoms with Gasteiger partial charge in [-0.05, 0) is 109 Å². The van der Waals surface area contributed by atoms with Gasteiger partial charge >= 0.3 is 0 Å².